The van der Waals surface area contributed by atoms with Crippen molar-refractivity contribution in [2.45, 2.75) is 20.3 Å². The van der Waals surface area contributed by atoms with E-state index in [-0.39, 0.29) is 5.91 Å². The molecule has 0 aromatic heterocycles. The van der Waals surface area contributed by atoms with E-state index in [0.29, 0.717) is 5.92 Å². The van der Waals surface area contributed by atoms with Crippen molar-refractivity contribution >= 4 is 5.91 Å². The molecule has 1 heterocycles. The number of carbonyl (C=O) groups is 1. The van der Waals surface area contributed by atoms with Gasteiger partial charge in [-0.05, 0) is 18.9 Å². The summed E-state index contributed by atoms with van der Waals surface area (Å²) in [5, 5.41) is 0. The first-order valence-electron chi connectivity index (χ1n) is 5.81. The minimum absolute atomic E-state index is 0.199. The number of hydrogen-bond acceptors (Lipinski definition) is 3. The Morgan fingerprint density at radius 3 is 2.40 bits per heavy atom. The first-order chi connectivity index (χ1) is 7.13. The summed E-state index contributed by atoms with van der Waals surface area (Å²) < 4.78 is 0. The molecule has 4 heteroatoms. The molecule has 0 spiro atoms. The second kappa shape index (κ2) is 6.08. The number of amides is 1. The van der Waals surface area contributed by atoms with Crippen molar-refractivity contribution in [1.29, 1.82) is 0 Å². The van der Waals surface area contributed by atoms with Gasteiger partial charge in [-0.15, -0.1) is 0 Å². The minimum atomic E-state index is 0.199. The molecule has 1 fully saturated rings. The molecule has 1 amide bonds. The molecule has 88 valence electrons. The van der Waals surface area contributed by atoms with Crippen LogP contribution in [-0.2, 0) is 4.79 Å². The number of carbonyl (C=O) groups excluding carboxylic acids is 1. The predicted octanol–water partition coefficient (Wildman–Crippen LogP) is 0.135. The third-order valence-corrected chi connectivity index (χ3v) is 3.05. The van der Waals surface area contributed by atoms with Crippen LogP contribution in [0.3, 0.4) is 0 Å². The quantitative estimate of drug-likeness (QED) is 0.722. The molecule has 2 N–H and O–H groups in total. The lowest BCUT2D eigenvalue weighted by Crippen LogP contribution is -2.49. The number of rotatable bonds is 4. The molecule has 15 heavy (non-hydrogen) atoms. The first-order valence-corrected chi connectivity index (χ1v) is 5.81. The molecular weight excluding hydrogens is 190 g/mol. The highest BCUT2D eigenvalue weighted by molar-refractivity contribution is 5.73. The average molecular weight is 213 g/mol. The normalized spacial score (nSPS) is 20.3. The van der Waals surface area contributed by atoms with Gasteiger partial charge >= 0.3 is 0 Å². The van der Waals surface area contributed by atoms with Crippen molar-refractivity contribution in [2.24, 2.45) is 11.7 Å². The molecule has 1 aliphatic rings. The van der Waals surface area contributed by atoms with E-state index in [4.69, 9.17) is 5.73 Å². The van der Waals surface area contributed by atoms with Gasteiger partial charge in [-0.3, -0.25) is 9.69 Å². The van der Waals surface area contributed by atoms with E-state index in [1.54, 1.807) is 6.92 Å². The van der Waals surface area contributed by atoms with Gasteiger partial charge in [-0.25, -0.2) is 0 Å². The Morgan fingerprint density at radius 1 is 1.33 bits per heavy atom. The van der Waals surface area contributed by atoms with Crippen molar-refractivity contribution in [3.8, 4) is 0 Å². The van der Waals surface area contributed by atoms with Gasteiger partial charge in [-0.1, -0.05) is 6.92 Å². The molecular formula is C11H23N3O. The molecule has 4 nitrogen and oxygen atoms in total. The molecule has 0 aromatic carbocycles. The highest BCUT2D eigenvalue weighted by atomic mass is 16.2. The maximum atomic E-state index is 11.1. The average Bonchev–Trinajstić information content (AvgIpc) is 2.18. The monoisotopic (exact) mass is 213 g/mol. The summed E-state index contributed by atoms with van der Waals surface area (Å²) in [4.78, 5) is 15.5. The zero-order valence-corrected chi connectivity index (χ0v) is 9.91. The molecule has 0 aromatic rings. The zero-order chi connectivity index (χ0) is 11.3. The van der Waals surface area contributed by atoms with Crippen LogP contribution >= 0.6 is 0 Å². The van der Waals surface area contributed by atoms with Crippen LogP contribution in [0.1, 0.15) is 20.3 Å². The van der Waals surface area contributed by atoms with E-state index in [1.807, 2.05) is 4.90 Å². The van der Waals surface area contributed by atoms with Gasteiger partial charge in [0.2, 0.25) is 5.91 Å². The lowest BCUT2D eigenvalue weighted by Gasteiger charge is -2.35. The number of hydrogen-bond donors (Lipinski definition) is 1. The summed E-state index contributed by atoms with van der Waals surface area (Å²) in [6.45, 7) is 9.55. The van der Waals surface area contributed by atoms with Gasteiger partial charge in [0.1, 0.15) is 0 Å². The fourth-order valence-corrected chi connectivity index (χ4v) is 2.06. The van der Waals surface area contributed by atoms with Crippen LogP contribution in [0.5, 0.6) is 0 Å². The zero-order valence-electron chi connectivity index (χ0n) is 9.91. The van der Waals surface area contributed by atoms with Crippen LogP contribution in [0.2, 0.25) is 0 Å². The predicted molar refractivity (Wildman–Crippen MR) is 61.5 cm³/mol. The topological polar surface area (TPSA) is 49.6 Å². The van der Waals surface area contributed by atoms with Gasteiger partial charge in [0.15, 0.2) is 0 Å². The fraction of sp³-hybridized carbons (Fsp3) is 0.909. The van der Waals surface area contributed by atoms with Crippen LogP contribution in [0.15, 0.2) is 0 Å². The second-order valence-corrected chi connectivity index (χ2v) is 4.49. The highest BCUT2D eigenvalue weighted by Gasteiger charge is 2.19. The summed E-state index contributed by atoms with van der Waals surface area (Å²) in [7, 11) is 0. The Balaban J connectivity index is 2.22. The Kier molecular flexibility index (Phi) is 5.05. The Hall–Kier alpha value is -0.610. The van der Waals surface area contributed by atoms with E-state index in [1.165, 1.54) is 0 Å². The number of nitrogens with two attached hydrogens (primary N) is 1. The van der Waals surface area contributed by atoms with Gasteiger partial charge < -0.3 is 10.6 Å². The molecule has 0 bridgehead atoms. The SMILES string of the molecule is CC(=O)N1CCN(CC(C)CCN)CC1. The van der Waals surface area contributed by atoms with E-state index in [0.717, 1.165) is 45.7 Å². The maximum Gasteiger partial charge on any atom is 0.219 e. The largest absolute Gasteiger partial charge is 0.340 e. The van der Waals surface area contributed by atoms with Crippen LogP contribution < -0.4 is 5.73 Å². The first kappa shape index (κ1) is 12.5. The summed E-state index contributed by atoms with van der Waals surface area (Å²) in [6, 6.07) is 0. The van der Waals surface area contributed by atoms with Gasteiger partial charge in [0.25, 0.3) is 0 Å². The molecule has 1 atom stereocenters. The number of nitrogens with zero attached hydrogens (tertiary/aromatic N) is 2. The van der Waals surface area contributed by atoms with Crippen molar-refractivity contribution < 1.29 is 4.79 Å². The third-order valence-electron chi connectivity index (χ3n) is 3.05. The minimum Gasteiger partial charge on any atom is -0.340 e. The van der Waals surface area contributed by atoms with Crippen molar-refractivity contribution in [1.82, 2.24) is 9.80 Å². The lowest BCUT2D eigenvalue weighted by molar-refractivity contribution is -0.130. The molecule has 1 aliphatic heterocycles. The van der Waals surface area contributed by atoms with E-state index in [9.17, 15) is 4.79 Å². The van der Waals surface area contributed by atoms with Crippen LogP contribution in [0.25, 0.3) is 0 Å². The van der Waals surface area contributed by atoms with E-state index >= 15 is 0 Å². The van der Waals surface area contributed by atoms with Gasteiger partial charge in [-0.2, -0.15) is 0 Å². The van der Waals surface area contributed by atoms with Crippen molar-refractivity contribution in [3.05, 3.63) is 0 Å². The summed E-state index contributed by atoms with van der Waals surface area (Å²) >= 11 is 0. The molecule has 1 unspecified atom stereocenters. The maximum absolute atomic E-state index is 11.1. The van der Waals surface area contributed by atoms with E-state index < -0.39 is 0 Å². The smallest absolute Gasteiger partial charge is 0.219 e. The van der Waals surface area contributed by atoms with Gasteiger partial charge in [0, 0.05) is 39.6 Å². The molecule has 0 saturated carbocycles. The summed E-state index contributed by atoms with van der Waals surface area (Å²) in [5.41, 5.74) is 5.52. The molecule has 0 radical (unpaired) electrons. The van der Waals surface area contributed by atoms with Crippen LogP contribution in [0, 0.1) is 5.92 Å². The van der Waals surface area contributed by atoms with Crippen molar-refractivity contribution in [2.75, 3.05) is 39.3 Å². The molecule has 1 saturated heterocycles. The Labute approximate surface area is 92.4 Å². The van der Waals surface area contributed by atoms with Gasteiger partial charge in [0.05, 0.1) is 0 Å². The van der Waals surface area contributed by atoms with Crippen molar-refractivity contribution in [3.63, 3.8) is 0 Å². The van der Waals surface area contributed by atoms with E-state index in [2.05, 4.69) is 11.8 Å². The second-order valence-electron chi connectivity index (χ2n) is 4.49. The Bertz CT molecular complexity index is 200. The third kappa shape index (κ3) is 4.18. The Morgan fingerprint density at radius 2 is 1.93 bits per heavy atom. The fourth-order valence-electron chi connectivity index (χ4n) is 2.06. The molecule has 0 aliphatic carbocycles. The summed E-state index contributed by atoms with van der Waals surface area (Å²) in [5.74, 6) is 0.864. The van der Waals surface area contributed by atoms with Crippen LogP contribution in [-0.4, -0.2) is 55.0 Å². The highest BCUT2D eigenvalue weighted by Crippen LogP contribution is 2.07. The standard InChI is InChI=1S/C11H23N3O/c1-10(3-4-12)9-13-5-7-14(8-6-13)11(2)15/h10H,3-9,12H2,1-2H3. The van der Waals surface area contributed by atoms with Crippen LogP contribution in [0.4, 0.5) is 0 Å². The number of piperazine rings is 1. The molecule has 1 rings (SSSR count). The summed E-state index contributed by atoms with van der Waals surface area (Å²) in [6.07, 6.45) is 1.09. The lowest BCUT2D eigenvalue weighted by atomic mass is 10.1.